The zero-order valence-electron chi connectivity index (χ0n) is 17.4. The molecule has 7 nitrogen and oxygen atoms in total. The number of ether oxygens (including phenoxy) is 1. The summed E-state index contributed by atoms with van der Waals surface area (Å²) in [5, 5.41) is 2.88. The summed E-state index contributed by atoms with van der Waals surface area (Å²) in [5.41, 5.74) is 2.21. The number of amides is 1. The molecule has 0 aliphatic heterocycles. The summed E-state index contributed by atoms with van der Waals surface area (Å²) >= 11 is 0. The Hall–Kier alpha value is -4.08. The van der Waals surface area contributed by atoms with Crippen molar-refractivity contribution in [2.75, 3.05) is 6.54 Å². The molecule has 2 aromatic heterocycles. The van der Waals surface area contributed by atoms with E-state index < -0.39 is 6.36 Å². The van der Waals surface area contributed by atoms with Crippen LogP contribution in [0.3, 0.4) is 0 Å². The van der Waals surface area contributed by atoms with E-state index in [0.29, 0.717) is 29.1 Å². The number of hydrogen-bond acceptors (Lipinski definition) is 4. The molecule has 0 unspecified atom stereocenters. The molecule has 0 saturated carbocycles. The fraction of sp³-hybridized carbons (Fsp3) is 0.174. The Morgan fingerprint density at radius 1 is 1.03 bits per heavy atom. The number of carbonyl (C=O) groups excluding carboxylic acids is 1. The third kappa shape index (κ3) is 5.79. The minimum Gasteiger partial charge on any atom is -0.406 e. The first-order chi connectivity index (χ1) is 15.9. The quantitative estimate of drug-likeness (QED) is 0.399. The summed E-state index contributed by atoms with van der Waals surface area (Å²) < 4.78 is 45.2. The number of aromatic nitrogens is 4. The number of aryl methyl sites for hydroxylation is 1. The van der Waals surface area contributed by atoms with Crippen LogP contribution in [0.4, 0.5) is 13.2 Å². The predicted molar refractivity (Wildman–Crippen MR) is 115 cm³/mol. The first-order valence-electron chi connectivity index (χ1n) is 10.1. The molecule has 33 heavy (non-hydrogen) atoms. The van der Waals surface area contributed by atoms with Crippen molar-refractivity contribution < 1.29 is 22.7 Å². The van der Waals surface area contributed by atoms with Crippen molar-refractivity contribution >= 4 is 5.91 Å². The molecule has 0 spiro atoms. The second-order valence-corrected chi connectivity index (χ2v) is 7.18. The third-order valence-corrected chi connectivity index (χ3v) is 4.83. The minimum absolute atomic E-state index is 0.274. The van der Waals surface area contributed by atoms with Crippen LogP contribution in [-0.2, 0) is 6.54 Å². The molecule has 0 saturated heterocycles. The maximum atomic E-state index is 12.7. The number of rotatable bonds is 8. The fourth-order valence-corrected chi connectivity index (χ4v) is 3.35. The van der Waals surface area contributed by atoms with Crippen LogP contribution in [0.1, 0.15) is 16.9 Å². The van der Waals surface area contributed by atoms with E-state index in [1.54, 1.807) is 47.4 Å². The van der Waals surface area contributed by atoms with E-state index in [1.807, 2.05) is 10.8 Å². The predicted octanol–water partition coefficient (Wildman–Crippen LogP) is 4.45. The molecule has 4 rings (SSSR count). The zero-order valence-corrected chi connectivity index (χ0v) is 17.4. The standard InChI is InChI=1S/C23H20F3N5O2/c24-23(25,26)33-20-7-2-5-18(13-20)17-4-1-6-19(12-17)31-16-28-14-21(31)22(32)29-8-3-10-30-11-9-27-15-30/h1-2,4-7,9,11-16H,3,8,10H2,(H,29,32). The van der Waals surface area contributed by atoms with Crippen molar-refractivity contribution in [1.29, 1.82) is 0 Å². The molecule has 4 aromatic rings. The Morgan fingerprint density at radius 3 is 2.58 bits per heavy atom. The summed E-state index contributed by atoms with van der Waals surface area (Å²) in [5.74, 6) is -0.576. The molecule has 0 aliphatic carbocycles. The van der Waals surface area contributed by atoms with Crippen LogP contribution in [0.25, 0.3) is 16.8 Å². The Labute approximate surface area is 187 Å². The number of nitrogens with one attached hydrogen (secondary N) is 1. The van der Waals surface area contributed by atoms with Crippen molar-refractivity contribution in [3.8, 4) is 22.6 Å². The molecule has 2 heterocycles. The van der Waals surface area contributed by atoms with Gasteiger partial charge in [0.15, 0.2) is 0 Å². The van der Waals surface area contributed by atoms with Crippen LogP contribution in [0, 0.1) is 0 Å². The van der Waals surface area contributed by atoms with E-state index in [4.69, 9.17) is 0 Å². The van der Waals surface area contributed by atoms with Gasteiger partial charge in [-0.2, -0.15) is 0 Å². The molecule has 0 aliphatic rings. The lowest BCUT2D eigenvalue weighted by molar-refractivity contribution is -0.274. The van der Waals surface area contributed by atoms with Gasteiger partial charge in [-0.3, -0.25) is 9.36 Å². The first-order valence-corrected chi connectivity index (χ1v) is 10.1. The van der Waals surface area contributed by atoms with Gasteiger partial charge in [0.1, 0.15) is 11.4 Å². The second kappa shape index (κ2) is 9.60. The maximum Gasteiger partial charge on any atom is 0.573 e. The number of halogens is 3. The van der Waals surface area contributed by atoms with Crippen molar-refractivity contribution in [3.63, 3.8) is 0 Å². The molecule has 1 amide bonds. The molecule has 0 radical (unpaired) electrons. The highest BCUT2D eigenvalue weighted by Gasteiger charge is 2.31. The zero-order chi connectivity index (χ0) is 23.3. The van der Waals surface area contributed by atoms with Gasteiger partial charge in [0.05, 0.1) is 18.9 Å². The highest BCUT2D eigenvalue weighted by molar-refractivity contribution is 5.93. The van der Waals surface area contributed by atoms with Gasteiger partial charge in [0, 0.05) is 31.2 Å². The van der Waals surface area contributed by atoms with Crippen LogP contribution >= 0.6 is 0 Å². The Morgan fingerprint density at radius 2 is 1.82 bits per heavy atom. The highest BCUT2D eigenvalue weighted by Crippen LogP contribution is 2.29. The summed E-state index contributed by atoms with van der Waals surface area (Å²) in [6.07, 6.45) is 4.23. The van der Waals surface area contributed by atoms with Crippen LogP contribution in [0.2, 0.25) is 0 Å². The molecule has 1 N–H and O–H groups in total. The molecular formula is C23H20F3N5O2. The van der Waals surface area contributed by atoms with Crippen LogP contribution in [0.15, 0.2) is 79.8 Å². The Balaban J connectivity index is 1.48. The highest BCUT2D eigenvalue weighted by atomic mass is 19.4. The molecule has 2 aromatic carbocycles. The smallest absolute Gasteiger partial charge is 0.406 e. The number of nitrogens with zero attached hydrogens (tertiary/aromatic N) is 4. The lowest BCUT2D eigenvalue weighted by Crippen LogP contribution is -2.27. The monoisotopic (exact) mass is 455 g/mol. The number of alkyl halides is 3. The SMILES string of the molecule is O=C(NCCCn1ccnc1)c1cncn1-c1cccc(-c2cccc(OC(F)(F)F)c2)c1. The van der Waals surface area contributed by atoms with Gasteiger partial charge in [-0.25, -0.2) is 9.97 Å². The average molecular weight is 455 g/mol. The molecule has 10 heteroatoms. The van der Waals surface area contributed by atoms with Crippen molar-refractivity contribution in [2.24, 2.45) is 0 Å². The third-order valence-electron chi connectivity index (χ3n) is 4.83. The maximum absolute atomic E-state index is 12.7. The summed E-state index contributed by atoms with van der Waals surface area (Å²) in [4.78, 5) is 20.7. The van der Waals surface area contributed by atoms with Crippen LogP contribution < -0.4 is 10.1 Å². The first kappa shape index (κ1) is 22.1. The minimum atomic E-state index is -4.77. The number of benzene rings is 2. The van der Waals surface area contributed by atoms with Crippen molar-refractivity contribution in [3.05, 3.63) is 85.5 Å². The van der Waals surface area contributed by atoms with E-state index in [1.165, 1.54) is 30.7 Å². The summed E-state index contributed by atoms with van der Waals surface area (Å²) in [6.45, 7) is 1.22. The van der Waals surface area contributed by atoms with Gasteiger partial charge < -0.3 is 14.6 Å². The Kier molecular flexibility index (Phi) is 6.43. The van der Waals surface area contributed by atoms with E-state index in [2.05, 4.69) is 20.0 Å². The van der Waals surface area contributed by atoms with Gasteiger partial charge in [-0.1, -0.05) is 24.3 Å². The number of imidazole rings is 2. The summed E-state index contributed by atoms with van der Waals surface area (Å²) in [6, 6.07) is 12.8. The normalized spacial score (nSPS) is 11.4. The van der Waals surface area contributed by atoms with E-state index in [-0.39, 0.29) is 11.7 Å². The van der Waals surface area contributed by atoms with E-state index in [0.717, 1.165) is 13.0 Å². The molecule has 0 atom stereocenters. The molecular weight excluding hydrogens is 435 g/mol. The van der Waals surface area contributed by atoms with Gasteiger partial charge >= 0.3 is 6.36 Å². The van der Waals surface area contributed by atoms with Crippen LogP contribution in [-0.4, -0.2) is 37.9 Å². The van der Waals surface area contributed by atoms with E-state index >= 15 is 0 Å². The second-order valence-electron chi connectivity index (χ2n) is 7.18. The summed E-state index contributed by atoms with van der Waals surface area (Å²) in [7, 11) is 0. The van der Waals surface area contributed by atoms with Crippen molar-refractivity contribution in [2.45, 2.75) is 19.3 Å². The largest absolute Gasteiger partial charge is 0.573 e. The van der Waals surface area contributed by atoms with Gasteiger partial charge in [-0.05, 0) is 41.8 Å². The van der Waals surface area contributed by atoms with Crippen molar-refractivity contribution in [1.82, 2.24) is 24.4 Å². The Bertz CT molecular complexity index is 1220. The van der Waals surface area contributed by atoms with Gasteiger partial charge in [-0.15, -0.1) is 13.2 Å². The molecule has 170 valence electrons. The topological polar surface area (TPSA) is 74.0 Å². The lowest BCUT2D eigenvalue weighted by atomic mass is 10.0. The van der Waals surface area contributed by atoms with Crippen LogP contribution in [0.5, 0.6) is 5.75 Å². The van der Waals surface area contributed by atoms with E-state index in [9.17, 15) is 18.0 Å². The van der Waals surface area contributed by atoms with Gasteiger partial charge in [0.25, 0.3) is 5.91 Å². The average Bonchev–Trinajstić information content (AvgIpc) is 3.48. The van der Waals surface area contributed by atoms with Gasteiger partial charge in [0.2, 0.25) is 0 Å². The molecule has 0 fully saturated rings. The molecule has 0 bridgehead atoms. The number of carbonyl (C=O) groups is 1. The lowest BCUT2D eigenvalue weighted by Gasteiger charge is -2.12. The number of hydrogen-bond donors (Lipinski definition) is 1. The fourth-order valence-electron chi connectivity index (χ4n) is 3.35.